The number of hydrogen-bond donors (Lipinski definition) is 0. The molecule has 0 fully saturated rings. The van der Waals surface area contributed by atoms with Crippen LogP contribution in [0.3, 0.4) is 0 Å². The quantitative estimate of drug-likeness (QED) is 0.193. The molecule has 0 saturated carbocycles. The van der Waals surface area contributed by atoms with E-state index in [9.17, 15) is 9.59 Å². The molecule has 5 rings (SSSR count). The van der Waals surface area contributed by atoms with Gasteiger partial charge >= 0.3 is 5.97 Å². The largest absolute Gasteiger partial charge is 0.496 e. The van der Waals surface area contributed by atoms with E-state index in [1.807, 2.05) is 57.2 Å². The van der Waals surface area contributed by atoms with Gasteiger partial charge in [0, 0.05) is 5.56 Å². The number of nitrogens with zero attached hydrogens (tertiary/aromatic N) is 2. The minimum Gasteiger partial charge on any atom is -0.496 e. The molecule has 1 aliphatic heterocycles. The maximum Gasteiger partial charge on any atom is 0.338 e. The normalized spacial score (nSPS) is 14.9. The summed E-state index contributed by atoms with van der Waals surface area (Å²) in [5.74, 6) is 0.943. The van der Waals surface area contributed by atoms with Gasteiger partial charge in [0.2, 0.25) is 0 Å². The van der Waals surface area contributed by atoms with Gasteiger partial charge in [-0.05, 0) is 67.8 Å². The minimum absolute atomic E-state index is 0.104. The van der Waals surface area contributed by atoms with Gasteiger partial charge in [0.25, 0.3) is 5.56 Å². The Hall–Kier alpha value is -4.08. The lowest BCUT2D eigenvalue weighted by Crippen LogP contribution is -2.40. The van der Waals surface area contributed by atoms with Gasteiger partial charge in [-0.25, -0.2) is 9.79 Å². The maximum absolute atomic E-state index is 14.4. The first-order valence-electron chi connectivity index (χ1n) is 14.5. The molecule has 8 nitrogen and oxygen atoms in total. The van der Waals surface area contributed by atoms with E-state index < -0.39 is 12.0 Å². The Kier molecular flexibility index (Phi) is 9.46. The van der Waals surface area contributed by atoms with Gasteiger partial charge in [-0.3, -0.25) is 9.36 Å². The van der Waals surface area contributed by atoms with E-state index >= 15 is 0 Å². The van der Waals surface area contributed by atoms with Crippen LogP contribution in [0.1, 0.15) is 57.7 Å². The number of esters is 1. The standard InChI is InChI=1S/C34H35ClN2O6S/c1-7-11-24-29(33(39)42-8-2)30(28-22-13-10-9-12-21(22)14-15-25(28)40-5)37-32(38)27(44-34(37)36-24)18-20-16-23(35)31(43-19(3)4)26(17-20)41-6/h9-10,12-19,30H,7-8,11H2,1-6H3/b27-18-/t30-/m0/s1. The van der Waals surface area contributed by atoms with Crippen LogP contribution < -0.4 is 29.1 Å². The van der Waals surface area contributed by atoms with Gasteiger partial charge in [0.1, 0.15) is 11.8 Å². The SMILES string of the molecule is CCCC1=C(C(=O)OCC)[C@H](c2c(OC)ccc3ccccc23)n2c(s/c(=C\c3cc(Cl)c(OC(C)C)c(OC)c3)c2=O)=N1. The molecule has 4 aromatic rings. The monoisotopic (exact) mass is 634 g/mol. The lowest BCUT2D eigenvalue weighted by Gasteiger charge is -2.28. The molecular weight excluding hydrogens is 600 g/mol. The Balaban J connectivity index is 1.82. The molecule has 1 atom stereocenters. The van der Waals surface area contributed by atoms with Crippen LogP contribution in [0.5, 0.6) is 17.2 Å². The van der Waals surface area contributed by atoms with Gasteiger partial charge in [-0.1, -0.05) is 66.6 Å². The number of halogens is 1. The summed E-state index contributed by atoms with van der Waals surface area (Å²) in [6.45, 7) is 7.78. The first-order chi connectivity index (χ1) is 21.2. The van der Waals surface area contributed by atoms with Gasteiger partial charge in [0.05, 0.1) is 47.8 Å². The molecule has 0 spiro atoms. The highest BCUT2D eigenvalue weighted by molar-refractivity contribution is 7.07. The van der Waals surface area contributed by atoms with Crippen LogP contribution in [0.4, 0.5) is 0 Å². The topological polar surface area (TPSA) is 88.4 Å². The minimum atomic E-state index is -0.824. The van der Waals surface area contributed by atoms with Crippen LogP contribution in [-0.2, 0) is 9.53 Å². The Bertz CT molecular complexity index is 1940. The fraction of sp³-hybridized carbons (Fsp3) is 0.324. The van der Waals surface area contributed by atoms with Crippen LogP contribution in [-0.4, -0.2) is 37.5 Å². The van der Waals surface area contributed by atoms with Crippen molar-refractivity contribution in [1.29, 1.82) is 0 Å². The predicted octanol–water partition coefficient (Wildman–Crippen LogP) is 6.19. The number of fused-ring (bicyclic) bond motifs is 2. The fourth-order valence-electron chi connectivity index (χ4n) is 5.45. The van der Waals surface area contributed by atoms with Crippen LogP contribution >= 0.6 is 22.9 Å². The molecule has 1 aromatic heterocycles. The number of ether oxygens (including phenoxy) is 4. The van der Waals surface area contributed by atoms with Crippen molar-refractivity contribution in [3.8, 4) is 17.2 Å². The molecule has 0 saturated heterocycles. The van der Waals surface area contributed by atoms with Crippen molar-refractivity contribution >= 4 is 45.8 Å². The van der Waals surface area contributed by atoms with Crippen molar-refractivity contribution in [2.75, 3.05) is 20.8 Å². The summed E-state index contributed by atoms with van der Waals surface area (Å²) < 4.78 is 24.9. The van der Waals surface area contributed by atoms with Crippen LogP contribution in [0, 0.1) is 0 Å². The van der Waals surface area contributed by atoms with E-state index in [4.69, 9.17) is 35.5 Å². The summed E-state index contributed by atoms with van der Waals surface area (Å²) in [6, 6.07) is 14.4. The summed E-state index contributed by atoms with van der Waals surface area (Å²) in [5, 5.41) is 2.18. The molecule has 0 aliphatic carbocycles. The average molecular weight is 635 g/mol. The number of methoxy groups -OCH3 is 2. The molecule has 0 unspecified atom stereocenters. The molecule has 0 amide bonds. The van der Waals surface area contributed by atoms with Crippen LogP contribution in [0.25, 0.3) is 16.8 Å². The number of aromatic nitrogens is 1. The lowest BCUT2D eigenvalue weighted by atomic mass is 9.90. The molecule has 44 heavy (non-hydrogen) atoms. The van der Waals surface area contributed by atoms with Crippen LogP contribution in [0.2, 0.25) is 5.02 Å². The summed E-state index contributed by atoms with van der Waals surface area (Å²) >= 11 is 7.85. The Morgan fingerprint density at radius 1 is 1.09 bits per heavy atom. The number of carbonyl (C=O) groups is 1. The zero-order chi connectivity index (χ0) is 31.5. The maximum atomic E-state index is 14.4. The molecule has 1 aliphatic rings. The summed E-state index contributed by atoms with van der Waals surface area (Å²) in [4.78, 5) is 33.4. The van der Waals surface area contributed by atoms with Crippen molar-refractivity contribution in [3.05, 3.63) is 95.6 Å². The number of carbonyl (C=O) groups excluding carboxylic acids is 1. The highest BCUT2D eigenvalue weighted by Crippen LogP contribution is 2.41. The smallest absolute Gasteiger partial charge is 0.338 e. The van der Waals surface area contributed by atoms with Crippen molar-refractivity contribution in [2.45, 2.75) is 52.7 Å². The third-order valence-corrected chi connectivity index (χ3v) is 8.48. The number of thiazole rings is 1. The molecule has 10 heteroatoms. The van der Waals surface area contributed by atoms with Gasteiger partial charge < -0.3 is 18.9 Å². The molecular formula is C34H35ClN2O6S. The summed E-state index contributed by atoms with van der Waals surface area (Å²) in [6.07, 6.45) is 2.93. The van der Waals surface area contributed by atoms with Gasteiger partial charge in [-0.15, -0.1) is 0 Å². The highest BCUT2D eigenvalue weighted by atomic mass is 35.5. The van der Waals surface area contributed by atoms with Crippen molar-refractivity contribution in [3.63, 3.8) is 0 Å². The van der Waals surface area contributed by atoms with E-state index in [1.54, 1.807) is 43.9 Å². The lowest BCUT2D eigenvalue weighted by molar-refractivity contribution is -0.139. The highest BCUT2D eigenvalue weighted by Gasteiger charge is 2.37. The second-order valence-electron chi connectivity index (χ2n) is 10.5. The van der Waals surface area contributed by atoms with E-state index in [0.29, 0.717) is 60.4 Å². The fourth-order valence-corrected chi connectivity index (χ4v) is 6.74. The van der Waals surface area contributed by atoms with E-state index in [1.165, 1.54) is 11.3 Å². The molecule has 230 valence electrons. The molecule has 0 N–H and O–H groups in total. The van der Waals surface area contributed by atoms with Crippen molar-refractivity contribution < 1.29 is 23.7 Å². The summed E-state index contributed by atoms with van der Waals surface area (Å²) in [5.41, 5.74) is 1.99. The number of benzene rings is 3. The molecule has 3 aromatic carbocycles. The number of rotatable bonds is 10. The Morgan fingerprint density at radius 2 is 1.84 bits per heavy atom. The van der Waals surface area contributed by atoms with Gasteiger partial charge in [0.15, 0.2) is 16.3 Å². The third kappa shape index (κ3) is 5.86. The zero-order valence-electron chi connectivity index (χ0n) is 25.6. The Morgan fingerprint density at radius 3 is 2.52 bits per heavy atom. The number of allylic oxidation sites excluding steroid dienone is 1. The van der Waals surface area contributed by atoms with Gasteiger partial charge in [-0.2, -0.15) is 0 Å². The van der Waals surface area contributed by atoms with E-state index in [-0.39, 0.29) is 18.3 Å². The second kappa shape index (κ2) is 13.3. The van der Waals surface area contributed by atoms with E-state index in [2.05, 4.69) is 0 Å². The van der Waals surface area contributed by atoms with Crippen molar-refractivity contribution in [1.82, 2.24) is 4.57 Å². The predicted molar refractivity (Wildman–Crippen MR) is 174 cm³/mol. The first kappa shape index (κ1) is 31.3. The van der Waals surface area contributed by atoms with Crippen molar-refractivity contribution in [2.24, 2.45) is 4.99 Å². The molecule has 0 bridgehead atoms. The molecule has 0 radical (unpaired) electrons. The summed E-state index contributed by atoms with van der Waals surface area (Å²) in [7, 11) is 3.13. The first-order valence-corrected chi connectivity index (χ1v) is 15.7. The Labute approximate surface area is 264 Å². The number of hydrogen-bond acceptors (Lipinski definition) is 8. The second-order valence-corrected chi connectivity index (χ2v) is 11.9. The average Bonchev–Trinajstić information content (AvgIpc) is 3.31. The van der Waals surface area contributed by atoms with E-state index in [0.717, 1.165) is 17.2 Å². The third-order valence-electron chi connectivity index (χ3n) is 7.22. The van der Waals surface area contributed by atoms with Crippen LogP contribution in [0.15, 0.2) is 69.6 Å². The zero-order valence-corrected chi connectivity index (χ0v) is 27.2. The molecule has 2 heterocycles.